The fourth-order valence-electron chi connectivity index (χ4n) is 5.00. The van der Waals surface area contributed by atoms with E-state index in [0.29, 0.717) is 40.7 Å². The molecule has 0 spiro atoms. The summed E-state index contributed by atoms with van der Waals surface area (Å²) in [6, 6.07) is 16.7. The molecule has 1 aliphatic heterocycles. The lowest BCUT2D eigenvalue weighted by Gasteiger charge is -2.35. The van der Waals surface area contributed by atoms with Gasteiger partial charge >= 0.3 is 5.97 Å². The number of halogens is 1. The molecular weight excluding hydrogens is 492 g/mol. The van der Waals surface area contributed by atoms with Gasteiger partial charge in [0.25, 0.3) is 6.01 Å². The molecule has 2 aromatic heterocycles. The first-order chi connectivity index (χ1) is 17.9. The number of carbonyl (C=O) groups excluding carboxylic acids is 1. The summed E-state index contributed by atoms with van der Waals surface area (Å²) in [5, 5.41) is 9.58. The van der Waals surface area contributed by atoms with Gasteiger partial charge < -0.3 is 19.7 Å². The van der Waals surface area contributed by atoms with Gasteiger partial charge in [-0.25, -0.2) is 9.78 Å². The molecule has 2 aromatic carbocycles. The molecule has 1 amide bonds. The van der Waals surface area contributed by atoms with E-state index < -0.39 is 5.97 Å². The number of carboxylic acid groups (broad SMARTS) is 1. The molecule has 2 aliphatic rings. The van der Waals surface area contributed by atoms with Crippen molar-refractivity contribution in [2.45, 2.75) is 31.8 Å². The van der Waals surface area contributed by atoms with Gasteiger partial charge in [0.2, 0.25) is 5.91 Å². The number of nitrogens with one attached hydrogen (secondary N) is 1. The second-order valence-corrected chi connectivity index (χ2v) is 10.0. The smallest absolute Gasteiger partial charge is 0.335 e. The number of carbonyl (C=O) groups is 2. The van der Waals surface area contributed by atoms with Crippen LogP contribution in [0.15, 0.2) is 54.6 Å². The van der Waals surface area contributed by atoms with Crippen LogP contribution >= 0.6 is 11.6 Å². The lowest BCUT2D eigenvalue weighted by molar-refractivity contribution is -0.140. The maximum Gasteiger partial charge on any atom is 0.335 e. The van der Waals surface area contributed by atoms with E-state index in [1.807, 2.05) is 29.2 Å². The summed E-state index contributed by atoms with van der Waals surface area (Å²) >= 11 is 6.56. The van der Waals surface area contributed by atoms with Crippen molar-refractivity contribution in [2.24, 2.45) is 5.92 Å². The Morgan fingerprint density at radius 1 is 0.946 bits per heavy atom. The van der Waals surface area contributed by atoms with Gasteiger partial charge in [0.15, 0.2) is 5.65 Å². The number of hydrogen-bond acceptors (Lipinski definition) is 5. The first-order valence-electron chi connectivity index (χ1n) is 12.4. The summed E-state index contributed by atoms with van der Waals surface area (Å²) < 4.78 is 5.99. The van der Waals surface area contributed by atoms with Gasteiger partial charge in [0.1, 0.15) is 6.10 Å². The largest absolute Gasteiger partial charge is 0.478 e. The molecular formula is C28H25ClN4O4. The van der Waals surface area contributed by atoms with E-state index in [-0.39, 0.29) is 23.5 Å². The normalized spacial score (nSPS) is 19.1. The fraction of sp³-hybridized carbons (Fsp3) is 0.286. The SMILES string of the molecule is O=C(O)c1ccc(-c2ccc(-c3nc4nc(O[C@H]5C[C@@H](C(=O)N6CCCC6)C5)[nH]c4cc3Cl)cc2)cc1. The molecule has 9 heteroatoms. The van der Waals surface area contributed by atoms with Crippen LogP contribution in [-0.4, -0.2) is 56.0 Å². The van der Waals surface area contributed by atoms with Gasteiger partial charge in [-0.2, -0.15) is 4.98 Å². The second kappa shape index (κ2) is 9.52. The third kappa shape index (κ3) is 4.64. The Bertz CT molecular complexity index is 1470. The zero-order chi connectivity index (χ0) is 25.5. The number of hydrogen-bond donors (Lipinski definition) is 2. The van der Waals surface area contributed by atoms with Crippen molar-refractivity contribution in [3.63, 3.8) is 0 Å². The van der Waals surface area contributed by atoms with E-state index in [4.69, 9.17) is 21.4 Å². The molecule has 0 unspecified atom stereocenters. The molecule has 0 radical (unpaired) electrons. The van der Waals surface area contributed by atoms with E-state index in [0.717, 1.165) is 42.6 Å². The summed E-state index contributed by atoms with van der Waals surface area (Å²) in [4.78, 5) is 37.9. The van der Waals surface area contributed by atoms with E-state index in [9.17, 15) is 9.59 Å². The lowest BCUT2D eigenvalue weighted by atomic mass is 9.81. The van der Waals surface area contributed by atoms with Crippen LogP contribution < -0.4 is 4.74 Å². The lowest BCUT2D eigenvalue weighted by Crippen LogP contribution is -2.44. The Hall–Kier alpha value is -3.91. The molecule has 8 nitrogen and oxygen atoms in total. The highest BCUT2D eigenvalue weighted by Gasteiger charge is 2.39. The maximum absolute atomic E-state index is 12.5. The minimum absolute atomic E-state index is 0.0378. The summed E-state index contributed by atoms with van der Waals surface area (Å²) in [5.74, 6) is -0.650. The number of aromatic nitrogens is 3. The van der Waals surface area contributed by atoms with Crippen LogP contribution in [0.4, 0.5) is 0 Å². The van der Waals surface area contributed by atoms with Gasteiger partial charge in [0, 0.05) is 24.6 Å². The number of likely N-dealkylation sites (tertiary alicyclic amines) is 1. The first kappa shape index (κ1) is 23.5. The third-order valence-corrected chi connectivity index (χ3v) is 7.46. The molecule has 1 saturated heterocycles. The Morgan fingerprint density at radius 3 is 2.22 bits per heavy atom. The molecule has 3 heterocycles. The van der Waals surface area contributed by atoms with Crippen LogP contribution in [0.3, 0.4) is 0 Å². The number of aromatic amines is 1. The fourth-order valence-corrected chi connectivity index (χ4v) is 5.26. The van der Waals surface area contributed by atoms with Crippen molar-refractivity contribution in [1.29, 1.82) is 0 Å². The third-order valence-electron chi connectivity index (χ3n) is 7.17. The van der Waals surface area contributed by atoms with Crippen LogP contribution in [-0.2, 0) is 4.79 Å². The van der Waals surface area contributed by atoms with Gasteiger partial charge in [-0.05, 0) is 55.0 Å². The van der Waals surface area contributed by atoms with Crippen LogP contribution in [0.5, 0.6) is 6.01 Å². The molecule has 2 N–H and O–H groups in total. The van der Waals surface area contributed by atoms with E-state index >= 15 is 0 Å². The van der Waals surface area contributed by atoms with Gasteiger partial charge in [-0.1, -0.05) is 48.0 Å². The summed E-state index contributed by atoms with van der Waals surface area (Å²) in [6.07, 6.45) is 3.57. The first-order valence-corrected chi connectivity index (χ1v) is 12.8. The Morgan fingerprint density at radius 2 is 1.57 bits per heavy atom. The summed E-state index contributed by atoms with van der Waals surface area (Å²) in [7, 11) is 0. The number of imidazole rings is 1. The molecule has 4 aromatic rings. The minimum Gasteiger partial charge on any atom is -0.478 e. The number of pyridine rings is 1. The number of benzene rings is 2. The molecule has 0 bridgehead atoms. The molecule has 2 fully saturated rings. The number of ether oxygens (including phenoxy) is 1. The number of H-pyrrole nitrogens is 1. The van der Waals surface area contributed by atoms with Crippen molar-refractivity contribution >= 4 is 34.6 Å². The number of carboxylic acids is 1. The minimum atomic E-state index is -0.950. The second-order valence-electron chi connectivity index (χ2n) is 9.63. The van der Waals surface area contributed by atoms with Crippen LogP contribution in [0.1, 0.15) is 36.0 Å². The molecule has 1 aliphatic carbocycles. The van der Waals surface area contributed by atoms with E-state index in [2.05, 4.69) is 15.0 Å². The predicted molar refractivity (Wildman–Crippen MR) is 140 cm³/mol. The van der Waals surface area contributed by atoms with Gasteiger partial charge in [-0.3, -0.25) is 4.79 Å². The number of nitrogens with zero attached hydrogens (tertiary/aromatic N) is 3. The Labute approximate surface area is 218 Å². The highest BCUT2D eigenvalue weighted by atomic mass is 35.5. The van der Waals surface area contributed by atoms with Gasteiger partial charge in [0.05, 0.1) is 21.8 Å². The summed E-state index contributed by atoms with van der Waals surface area (Å²) in [5.41, 5.74) is 4.76. The average molecular weight is 517 g/mol. The zero-order valence-corrected chi connectivity index (χ0v) is 20.7. The molecule has 188 valence electrons. The predicted octanol–water partition coefficient (Wildman–Crippen LogP) is 5.42. The molecule has 37 heavy (non-hydrogen) atoms. The van der Waals surface area contributed by atoms with E-state index in [1.165, 1.54) is 0 Å². The number of fused-ring (bicyclic) bond motifs is 1. The Balaban J connectivity index is 1.15. The maximum atomic E-state index is 12.5. The van der Waals surface area contributed by atoms with Crippen molar-refractivity contribution in [3.05, 3.63) is 65.2 Å². The van der Waals surface area contributed by atoms with Crippen molar-refractivity contribution in [1.82, 2.24) is 19.9 Å². The molecule has 1 saturated carbocycles. The quantitative estimate of drug-likeness (QED) is 0.354. The highest BCUT2D eigenvalue weighted by Crippen LogP contribution is 2.35. The van der Waals surface area contributed by atoms with Crippen molar-refractivity contribution in [2.75, 3.05) is 13.1 Å². The van der Waals surface area contributed by atoms with Crippen LogP contribution in [0, 0.1) is 5.92 Å². The van der Waals surface area contributed by atoms with Crippen LogP contribution in [0.2, 0.25) is 5.02 Å². The van der Waals surface area contributed by atoms with E-state index in [1.54, 1.807) is 30.3 Å². The number of amides is 1. The van der Waals surface area contributed by atoms with Gasteiger partial charge in [-0.15, -0.1) is 0 Å². The highest BCUT2D eigenvalue weighted by molar-refractivity contribution is 6.33. The summed E-state index contributed by atoms with van der Waals surface area (Å²) in [6.45, 7) is 1.75. The molecule has 6 rings (SSSR count). The zero-order valence-electron chi connectivity index (χ0n) is 20.0. The molecule has 0 atom stereocenters. The topological polar surface area (TPSA) is 108 Å². The monoisotopic (exact) mass is 516 g/mol. The van der Waals surface area contributed by atoms with Crippen molar-refractivity contribution < 1.29 is 19.4 Å². The average Bonchev–Trinajstić information content (AvgIpc) is 3.55. The van der Waals surface area contributed by atoms with Crippen molar-refractivity contribution in [3.8, 4) is 28.4 Å². The van der Waals surface area contributed by atoms with Crippen LogP contribution in [0.25, 0.3) is 33.5 Å². The number of aromatic carboxylic acids is 1. The number of rotatable bonds is 6. The Kier molecular flexibility index (Phi) is 6.04. The standard InChI is InChI=1S/C28H25ClN4O4/c29-22-15-23-25(32-28(30-23)37-21-13-20(14-21)26(34)33-11-1-2-12-33)31-24(22)18-7-3-16(4-8-18)17-5-9-19(10-6-17)27(35)36/h3-10,15,20-21H,1-2,11-14H2,(H,35,36)(H,30,31,32)/t20-,21+.